The number of halogens is 3. The van der Waals surface area contributed by atoms with Gasteiger partial charge in [0.05, 0.1) is 34.1 Å². The average Bonchev–Trinajstić information content (AvgIpc) is 2.99. The van der Waals surface area contributed by atoms with Crippen molar-refractivity contribution in [2.75, 3.05) is 72.6 Å². The van der Waals surface area contributed by atoms with Crippen molar-refractivity contribution in [1.29, 1.82) is 0 Å². The lowest BCUT2D eigenvalue weighted by Gasteiger charge is -2.43. The van der Waals surface area contributed by atoms with Crippen LogP contribution in [0.5, 0.6) is 23.0 Å². The molecule has 0 spiro atoms. The normalized spacial score (nSPS) is 16.4. The van der Waals surface area contributed by atoms with Crippen LogP contribution in [-0.2, 0) is 4.79 Å². The van der Waals surface area contributed by atoms with Crippen molar-refractivity contribution in [3.63, 3.8) is 0 Å². The Labute approximate surface area is 237 Å². The van der Waals surface area contributed by atoms with E-state index >= 15 is 0 Å². The minimum Gasteiger partial charge on any atom is -0.495 e. The van der Waals surface area contributed by atoms with Gasteiger partial charge in [-0.1, -0.05) is 12.1 Å². The molecular formula is C28H36F3N3O7. The molecule has 2 aromatic carbocycles. The van der Waals surface area contributed by atoms with E-state index < -0.39 is 12.1 Å². The number of piperidine rings is 1. The monoisotopic (exact) mass is 583 g/mol. The van der Waals surface area contributed by atoms with E-state index in [9.17, 15) is 18.0 Å². The highest BCUT2D eigenvalue weighted by molar-refractivity contribution is 5.95. The van der Waals surface area contributed by atoms with Crippen LogP contribution in [0.1, 0.15) is 23.2 Å². The van der Waals surface area contributed by atoms with Gasteiger partial charge in [-0.2, -0.15) is 13.2 Å². The lowest BCUT2D eigenvalue weighted by Crippen LogP contribution is -2.53. The molecule has 2 saturated heterocycles. The zero-order chi connectivity index (χ0) is 30.2. The van der Waals surface area contributed by atoms with E-state index in [2.05, 4.69) is 21.9 Å². The smallest absolute Gasteiger partial charge is 0.490 e. The van der Waals surface area contributed by atoms with Crippen LogP contribution in [0.2, 0.25) is 0 Å². The van der Waals surface area contributed by atoms with Gasteiger partial charge in [0.2, 0.25) is 5.75 Å². The largest absolute Gasteiger partial charge is 0.495 e. The number of alkyl halides is 3. The number of aliphatic carboxylic acids is 1. The van der Waals surface area contributed by atoms with Gasteiger partial charge in [0.15, 0.2) is 11.5 Å². The molecule has 2 aliphatic heterocycles. The molecule has 13 heteroatoms. The van der Waals surface area contributed by atoms with Crippen molar-refractivity contribution in [2.45, 2.75) is 25.1 Å². The Hall–Kier alpha value is -3.87. The zero-order valence-corrected chi connectivity index (χ0v) is 23.6. The highest BCUT2D eigenvalue weighted by Crippen LogP contribution is 2.38. The summed E-state index contributed by atoms with van der Waals surface area (Å²) >= 11 is 0. The van der Waals surface area contributed by atoms with Crippen LogP contribution in [0.15, 0.2) is 36.4 Å². The van der Waals surface area contributed by atoms with Gasteiger partial charge in [-0.05, 0) is 37.1 Å². The number of para-hydroxylation sites is 2. The van der Waals surface area contributed by atoms with Crippen molar-refractivity contribution < 1.29 is 46.8 Å². The second kappa shape index (κ2) is 14.2. The number of carbonyl (C=O) groups is 2. The Balaban J connectivity index is 0.000000587. The maximum Gasteiger partial charge on any atom is 0.490 e. The van der Waals surface area contributed by atoms with Crippen LogP contribution in [0, 0.1) is 0 Å². The molecule has 41 heavy (non-hydrogen) atoms. The van der Waals surface area contributed by atoms with Crippen LogP contribution in [0.4, 0.5) is 18.9 Å². The number of hydrogen-bond donors (Lipinski definition) is 1. The molecule has 0 atom stereocenters. The van der Waals surface area contributed by atoms with E-state index in [0.29, 0.717) is 28.9 Å². The highest BCUT2D eigenvalue weighted by atomic mass is 19.4. The number of methoxy groups -OCH3 is 4. The van der Waals surface area contributed by atoms with Gasteiger partial charge in [-0.3, -0.25) is 9.69 Å². The first-order valence-electron chi connectivity index (χ1n) is 13.0. The molecule has 1 amide bonds. The number of ether oxygens (including phenoxy) is 4. The summed E-state index contributed by atoms with van der Waals surface area (Å²) < 4.78 is 53.5. The molecule has 2 heterocycles. The van der Waals surface area contributed by atoms with Gasteiger partial charge in [-0.25, -0.2) is 4.79 Å². The molecule has 2 aliphatic rings. The number of benzene rings is 2. The molecule has 0 saturated carbocycles. The third kappa shape index (κ3) is 7.87. The number of piperazine rings is 1. The van der Waals surface area contributed by atoms with Gasteiger partial charge in [0.25, 0.3) is 5.91 Å². The Bertz CT molecular complexity index is 1150. The fraction of sp³-hybridized carbons (Fsp3) is 0.500. The second-order valence-corrected chi connectivity index (χ2v) is 9.44. The third-order valence-corrected chi connectivity index (χ3v) is 7.16. The van der Waals surface area contributed by atoms with Gasteiger partial charge < -0.3 is 33.9 Å². The summed E-state index contributed by atoms with van der Waals surface area (Å²) in [6.07, 6.45) is -3.13. The Morgan fingerprint density at radius 3 is 1.78 bits per heavy atom. The summed E-state index contributed by atoms with van der Waals surface area (Å²) in [5.74, 6) is -0.353. The summed E-state index contributed by atoms with van der Waals surface area (Å²) in [6, 6.07) is 12.2. The molecule has 0 unspecified atom stereocenters. The highest BCUT2D eigenvalue weighted by Gasteiger charge is 2.38. The molecule has 0 aromatic heterocycles. The Kier molecular flexibility index (Phi) is 10.9. The summed E-state index contributed by atoms with van der Waals surface area (Å²) in [5, 5.41) is 7.12. The fourth-order valence-electron chi connectivity index (χ4n) is 5.04. The predicted molar refractivity (Wildman–Crippen MR) is 145 cm³/mol. The second-order valence-electron chi connectivity index (χ2n) is 9.44. The van der Waals surface area contributed by atoms with Crippen LogP contribution in [-0.4, -0.2) is 107 Å². The maximum absolute atomic E-state index is 13.2. The molecule has 0 radical (unpaired) electrons. The van der Waals surface area contributed by atoms with Crippen LogP contribution in [0.25, 0.3) is 0 Å². The summed E-state index contributed by atoms with van der Waals surface area (Å²) in [4.78, 5) is 29.0. The Morgan fingerprint density at radius 1 is 0.805 bits per heavy atom. The fourth-order valence-corrected chi connectivity index (χ4v) is 5.04. The van der Waals surface area contributed by atoms with Gasteiger partial charge in [0.1, 0.15) is 5.75 Å². The van der Waals surface area contributed by atoms with E-state index in [-0.39, 0.29) is 5.91 Å². The van der Waals surface area contributed by atoms with Crippen LogP contribution >= 0.6 is 0 Å². The number of rotatable bonds is 7. The first kappa shape index (κ1) is 31.7. The van der Waals surface area contributed by atoms with Crippen molar-refractivity contribution in [1.82, 2.24) is 9.80 Å². The van der Waals surface area contributed by atoms with E-state index in [1.807, 2.05) is 17.0 Å². The van der Waals surface area contributed by atoms with Crippen molar-refractivity contribution in [3.8, 4) is 23.0 Å². The summed E-state index contributed by atoms with van der Waals surface area (Å²) in [5.41, 5.74) is 1.72. The quantitative estimate of drug-likeness (QED) is 0.522. The molecule has 1 N–H and O–H groups in total. The van der Waals surface area contributed by atoms with E-state index in [1.54, 1.807) is 40.6 Å². The number of carbonyl (C=O) groups excluding carboxylic acids is 1. The minimum absolute atomic E-state index is 0.00121. The van der Waals surface area contributed by atoms with Gasteiger partial charge in [0, 0.05) is 50.9 Å². The molecule has 2 aromatic rings. The van der Waals surface area contributed by atoms with Gasteiger partial charge >= 0.3 is 12.1 Å². The molecule has 0 bridgehead atoms. The van der Waals surface area contributed by atoms with Crippen LogP contribution < -0.4 is 23.8 Å². The molecular weight excluding hydrogens is 547 g/mol. The van der Waals surface area contributed by atoms with E-state index in [4.69, 9.17) is 28.8 Å². The molecule has 4 rings (SSSR count). The number of hydrogen-bond acceptors (Lipinski definition) is 8. The predicted octanol–water partition coefficient (Wildman–Crippen LogP) is 3.78. The van der Waals surface area contributed by atoms with E-state index in [1.165, 1.54) is 0 Å². The minimum atomic E-state index is -5.08. The lowest BCUT2D eigenvalue weighted by atomic mass is 10.0. The number of nitrogens with zero attached hydrogens (tertiary/aromatic N) is 3. The third-order valence-electron chi connectivity index (χ3n) is 7.16. The topological polar surface area (TPSA) is 101 Å². The first-order valence-corrected chi connectivity index (χ1v) is 13.0. The van der Waals surface area contributed by atoms with Crippen molar-refractivity contribution in [2.24, 2.45) is 0 Å². The number of carboxylic acid groups (broad SMARTS) is 1. The molecule has 10 nitrogen and oxygen atoms in total. The first-order chi connectivity index (χ1) is 19.5. The van der Waals surface area contributed by atoms with Gasteiger partial charge in [-0.15, -0.1) is 0 Å². The van der Waals surface area contributed by atoms with E-state index in [0.717, 1.165) is 63.5 Å². The molecule has 0 aliphatic carbocycles. The number of anilines is 1. The molecule has 2 fully saturated rings. The SMILES string of the molecule is COc1ccccc1N1CCN(C2CCN(C(=O)c3cc(OC)c(OC)c(OC)c3)CC2)CC1.O=C(O)C(F)(F)F. The van der Waals surface area contributed by atoms with Crippen molar-refractivity contribution >= 4 is 17.6 Å². The van der Waals surface area contributed by atoms with Crippen LogP contribution in [0.3, 0.4) is 0 Å². The summed E-state index contributed by atoms with van der Waals surface area (Å²) in [7, 11) is 6.40. The number of amides is 1. The average molecular weight is 584 g/mol. The Morgan fingerprint density at radius 2 is 1.32 bits per heavy atom. The molecule has 226 valence electrons. The number of likely N-dealkylation sites (tertiary alicyclic amines) is 1. The standard InChI is InChI=1S/C26H35N3O5.C2HF3O2/c1-31-22-8-6-5-7-21(22)28-15-13-27(14-16-28)20-9-11-29(12-10-20)26(30)19-17-23(32-2)25(34-4)24(18-19)33-3;3-2(4,5)1(6)7/h5-8,17-18,20H,9-16H2,1-4H3;(H,6,7). The lowest BCUT2D eigenvalue weighted by molar-refractivity contribution is -0.192. The number of carboxylic acids is 1. The zero-order valence-electron chi connectivity index (χ0n) is 23.6. The summed E-state index contributed by atoms with van der Waals surface area (Å²) in [6.45, 7) is 5.47. The van der Waals surface area contributed by atoms with Crippen molar-refractivity contribution in [3.05, 3.63) is 42.0 Å². The maximum atomic E-state index is 13.2.